The van der Waals surface area contributed by atoms with E-state index in [-0.39, 0.29) is 36.0 Å². The van der Waals surface area contributed by atoms with Crippen molar-refractivity contribution in [2.45, 2.75) is 53.0 Å². The second-order valence-corrected chi connectivity index (χ2v) is 8.02. The average molecular weight is 380 g/mol. The van der Waals surface area contributed by atoms with Crippen molar-refractivity contribution in [2.75, 3.05) is 5.32 Å². The summed E-state index contributed by atoms with van der Waals surface area (Å²) in [6, 6.07) is 12.4. The van der Waals surface area contributed by atoms with Crippen LogP contribution in [0.25, 0.3) is 0 Å². The molecule has 0 atom stereocenters. The number of benzene rings is 2. The Morgan fingerprint density at radius 2 is 1.57 bits per heavy atom. The summed E-state index contributed by atoms with van der Waals surface area (Å²) in [5.41, 5.74) is 3.24. The van der Waals surface area contributed by atoms with Crippen molar-refractivity contribution >= 4 is 23.3 Å². The fourth-order valence-electron chi connectivity index (χ4n) is 2.70. The first-order chi connectivity index (χ1) is 13.1. The number of nitrogens with one attached hydrogen (secondary N) is 2. The maximum Gasteiger partial charge on any atom is 0.253 e. The lowest BCUT2D eigenvalue weighted by Crippen LogP contribution is -2.40. The Balaban J connectivity index is 2.00. The number of Topliss-reactive ketones (excluding diaryl/α,β-unsaturated/α-hetero) is 1. The Kier molecular flexibility index (Phi) is 6.73. The Bertz CT molecular complexity index is 895. The third-order valence-corrected chi connectivity index (χ3v) is 4.34. The van der Waals surface area contributed by atoms with Crippen LogP contribution in [0.2, 0.25) is 0 Å². The van der Waals surface area contributed by atoms with Crippen LogP contribution in [-0.4, -0.2) is 23.1 Å². The van der Waals surface area contributed by atoms with Gasteiger partial charge in [-0.25, -0.2) is 0 Å². The summed E-state index contributed by atoms with van der Waals surface area (Å²) in [5, 5.41) is 5.64. The van der Waals surface area contributed by atoms with E-state index in [4.69, 9.17) is 0 Å². The van der Waals surface area contributed by atoms with Gasteiger partial charge in [-0.2, -0.15) is 0 Å². The van der Waals surface area contributed by atoms with Gasteiger partial charge in [0, 0.05) is 23.9 Å². The first-order valence-electron chi connectivity index (χ1n) is 9.38. The molecule has 148 valence electrons. The van der Waals surface area contributed by atoms with Gasteiger partial charge in [0.1, 0.15) is 0 Å². The Morgan fingerprint density at radius 1 is 0.893 bits per heavy atom. The zero-order valence-electron chi connectivity index (χ0n) is 17.2. The number of amides is 2. The number of ketones is 1. The van der Waals surface area contributed by atoms with Crippen LogP contribution in [0.3, 0.4) is 0 Å². The maximum absolute atomic E-state index is 12.5. The summed E-state index contributed by atoms with van der Waals surface area (Å²) in [6.07, 6.45) is 0.172. The van der Waals surface area contributed by atoms with E-state index in [2.05, 4.69) is 10.6 Å². The molecule has 0 aliphatic carbocycles. The highest BCUT2D eigenvalue weighted by atomic mass is 16.2. The summed E-state index contributed by atoms with van der Waals surface area (Å²) in [7, 11) is 0. The monoisotopic (exact) mass is 380 g/mol. The largest absolute Gasteiger partial charge is 0.347 e. The van der Waals surface area contributed by atoms with E-state index in [1.54, 1.807) is 30.3 Å². The summed E-state index contributed by atoms with van der Waals surface area (Å²) in [5.74, 6) is -0.625. The molecule has 5 nitrogen and oxygen atoms in total. The van der Waals surface area contributed by atoms with Gasteiger partial charge in [0.05, 0.1) is 11.3 Å². The quantitative estimate of drug-likeness (QED) is 0.728. The number of aryl methyl sites for hydroxylation is 2. The van der Waals surface area contributed by atoms with Crippen LogP contribution < -0.4 is 10.6 Å². The summed E-state index contributed by atoms with van der Waals surface area (Å²) < 4.78 is 0. The maximum atomic E-state index is 12.5. The van der Waals surface area contributed by atoms with E-state index in [0.717, 1.165) is 11.1 Å². The fourth-order valence-corrected chi connectivity index (χ4v) is 2.70. The third-order valence-electron chi connectivity index (χ3n) is 4.34. The minimum absolute atomic E-state index is 0.0565. The van der Waals surface area contributed by atoms with Crippen LogP contribution in [-0.2, 0) is 4.79 Å². The highest BCUT2D eigenvalue weighted by molar-refractivity contribution is 6.05. The number of rotatable bonds is 6. The molecule has 0 unspecified atom stereocenters. The van der Waals surface area contributed by atoms with Crippen molar-refractivity contribution in [1.29, 1.82) is 0 Å². The number of hydrogen-bond acceptors (Lipinski definition) is 3. The van der Waals surface area contributed by atoms with Crippen molar-refractivity contribution in [3.05, 3.63) is 64.7 Å². The van der Waals surface area contributed by atoms with E-state index in [0.29, 0.717) is 16.8 Å². The molecule has 0 radical (unpaired) electrons. The summed E-state index contributed by atoms with van der Waals surface area (Å²) in [4.78, 5) is 37.1. The average Bonchev–Trinajstić information content (AvgIpc) is 2.61. The van der Waals surface area contributed by atoms with Crippen molar-refractivity contribution < 1.29 is 14.4 Å². The lowest BCUT2D eigenvalue weighted by atomic mass is 10.0. The van der Waals surface area contributed by atoms with Crippen molar-refractivity contribution in [3.8, 4) is 0 Å². The molecule has 2 amide bonds. The minimum atomic E-state index is -0.382. The van der Waals surface area contributed by atoms with Gasteiger partial charge >= 0.3 is 0 Å². The molecule has 0 aromatic heterocycles. The molecule has 0 bridgehead atoms. The lowest BCUT2D eigenvalue weighted by molar-refractivity contribution is -0.116. The standard InChI is InChI=1S/C23H28N2O3/c1-15-10-11-17(14-16(15)2)20(26)12-13-21(27)24-19-9-7-6-8-18(19)22(28)25-23(3,4)5/h6-11,14H,12-13H2,1-5H3,(H,24,27)(H,25,28). The molecule has 0 saturated carbocycles. The van der Waals surface area contributed by atoms with E-state index < -0.39 is 0 Å². The Labute approximate surface area is 166 Å². The smallest absolute Gasteiger partial charge is 0.253 e. The number of carbonyl (C=O) groups is 3. The van der Waals surface area contributed by atoms with Crippen LogP contribution in [0.1, 0.15) is 65.5 Å². The first-order valence-corrected chi connectivity index (χ1v) is 9.38. The number of carbonyl (C=O) groups excluding carboxylic acids is 3. The van der Waals surface area contributed by atoms with Gasteiger partial charge in [-0.05, 0) is 63.9 Å². The van der Waals surface area contributed by atoms with E-state index >= 15 is 0 Å². The molecule has 0 aliphatic heterocycles. The highest BCUT2D eigenvalue weighted by Crippen LogP contribution is 2.17. The number of anilines is 1. The van der Waals surface area contributed by atoms with Crippen molar-refractivity contribution in [3.63, 3.8) is 0 Å². The molecule has 2 N–H and O–H groups in total. The predicted octanol–water partition coefficient (Wildman–Crippen LogP) is 4.43. The molecule has 28 heavy (non-hydrogen) atoms. The van der Waals surface area contributed by atoms with Crippen LogP contribution in [0.15, 0.2) is 42.5 Å². The predicted molar refractivity (Wildman–Crippen MR) is 112 cm³/mol. The SMILES string of the molecule is Cc1ccc(C(=O)CCC(=O)Nc2ccccc2C(=O)NC(C)(C)C)cc1C. The molecule has 2 rings (SSSR count). The van der Waals surface area contributed by atoms with Crippen molar-refractivity contribution in [1.82, 2.24) is 5.32 Å². The molecule has 0 aliphatic rings. The molecular formula is C23H28N2O3. The van der Waals surface area contributed by atoms with Crippen LogP contribution >= 0.6 is 0 Å². The summed E-state index contributed by atoms with van der Waals surface area (Å²) in [6.45, 7) is 9.63. The van der Waals surface area contributed by atoms with E-state index in [1.807, 2.05) is 46.8 Å². The zero-order chi connectivity index (χ0) is 20.9. The van der Waals surface area contributed by atoms with E-state index in [1.165, 1.54) is 0 Å². The van der Waals surface area contributed by atoms with Gasteiger partial charge in [0.25, 0.3) is 5.91 Å². The second kappa shape index (κ2) is 8.83. The first kappa shape index (κ1) is 21.4. The van der Waals surface area contributed by atoms with Crippen LogP contribution in [0, 0.1) is 13.8 Å². The fraction of sp³-hybridized carbons (Fsp3) is 0.348. The molecule has 0 fully saturated rings. The molecule has 5 heteroatoms. The minimum Gasteiger partial charge on any atom is -0.347 e. The van der Waals surface area contributed by atoms with Gasteiger partial charge in [-0.3, -0.25) is 14.4 Å². The lowest BCUT2D eigenvalue weighted by Gasteiger charge is -2.21. The molecule has 0 spiro atoms. The van der Waals surface area contributed by atoms with Crippen LogP contribution in [0.5, 0.6) is 0 Å². The Morgan fingerprint density at radius 3 is 2.21 bits per heavy atom. The van der Waals surface area contributed by atoms with Gasteiger partial charge in [0.15, 0.2) is 5.78 Å². The van der Waals surface area contributed by atoms with Gasteiger partial charge in [-0.15, -0.1) is 0 Å². The number of para-hydroxylation sites is 1. The molecule has 2 aromatic carbocycles. The van der Waals surface area contributed by atoms with Gasteiger partial charge in [0.2, 0.25) is 5.91 Å². The molecular weight excluding hydrogens is 352 g/mol. The molecule has 0 saturated heterocycles. The normalized spacial score (nSPS) is 11.0. The third kappa shape index (κ3) is 6.05. The number of hydrogen-bond donors (Lipinski definition) is 2. The summed E-state index contributed by atoms with van der Waals surface area (Å²) >= 11 is 0. The molecule has 0 heterocycles. The zero-order valence-corrected chi connectivity index (χ0v) is 17.2. The van der Waals surface area contributed by atoms with Crippen LogP contribution in [0.4, 0.5) is 5.69 Å². The van der Waals surface area contributed by atoms with E-state index in [9.17, 15) is 14.4 Å². The highest BCUT2D eigenvalue weighted by Gasteiger charge is 2.19. The second-order valence-electron chi connectivity index (χ2n) is 8.02. The topological polar surface area (TPSA) is 75.3 Å². The van der Waals surface area contributed by atoms with Gasteiger partial charge in [-0.1, -0.05) is 24.3 Å². The van der Waals surface area contributed by atoms with Crippen molar-refractivity contribution in [2.24, 2.45) is 0 Å². The Hall–Kier alpha value is -2.95. The van der Waals surface area contributed by atoms with Gasteiger partial charge < -0.3 is 10.6 Å². The molecule has 2 aromatic rings.